The molecule has 2 aliphatic carbocycles. The zero-order chi connectivity index (χ0) is 20.4. The first-order valence-electron chi connectivity index (χ1n) is 11.1. The summed E-state index contributed by atoms with van der Waals surface area (Å²) in [6, 6.07) is 7.63. The van der Waals surface area contributed by atoms with Crippen molar-refractivity contribution in [3.8, 4) is 0 Å². The molecule has 160 valence electrons. The lowest BCUT2D eigenvalue weighted by atomic mass is 9.84. The smallest absolute Gasteiger partial charge is 0.317 e. The van der Waals surface area contributed by atoms with Crippen molar-refractivity contribution in [1.29, 1.82) is 0 Å². The first-order valence-corrected chi connectivity index (χ1v) is 12.5. The van der Waals surface area contributed by atoms with Crippen LogP contribution in [0.5, 0.6) is 0 Å². The summed E-state index contributed by atoms with van der Waals surface area (Å²) in [6.45, 7) is 3.61. The highest BCUT2D eigenvalue weighted by Crippen LogP contribution is 2.33. The average molecular weight is 420 g/mol. The van der Waals surface area contributed by atoms with Gasteiger partial charge >= 0.3 is 6.03 Å². The lowest BCUT2D eigenvalue weighted by molar-refractivity contribution is 0.168. The van der Waals surface area contributed by atoms with Gasteiger partial charge in [0.05, 0.1) is 4.90 Å². The van der Waals surface area contributed by atoms with E-state index in [0.717, 1.165) is 0 Å². The van der Waals surface area contributed by atoms with Gasteiger partial charge in [0, 0.05) is 32.2 Å². The Morgan fingerprint density at radius 3 is 2.17 bits per heavy atom. The Labute approximate surface area is 174 Å². The number of nitrogens with zero attached hydrogens (tertiary/aromatic N) is 2. The van der Waals surface area contributed by atoms with Crippen LogP contribution < -0.4 is 5.32 Å². The van der Waals surface area contributed by atoms with E-state index in [1.165, 1.54) is 54.8 Å². The standard InChI is InChI=1S/C22H33N3O3S/c1-17(18-7-8-18)23-22(26)24-13-15-25(16-14-24)29(27,28)21-11-9-20(10-12-21)19-5-3-2-4-6-19/h9-12,17-19H,2-8,13-16H2,1H3,(H,23,26). The molecule has 4 rings (SSSR count). The molecular weight excluding hydrogens is 386 g/mol. The summed E-state index contributed by atoms with van der Waals surface area (Å²) in [7, 11) is -3.51. The third kappa shape index (κ3) is 4.77. The monoisotopic (exact) mass is 419 g/mol. The number of rotatable bonds is 5. The first-order chi connectivity index (χ1) is 13.9. The number of benzene rings is 1. The Morgan fingerprint density at radius 2 is 1.59 bits per heavy atom. The average Bonchev–Trinajstić information content (AvgIpc) is 3.60. The molecule has 1 heterocycles. The molecule has 2 amide bonds. The Balaban J connectivity index is 1.34. The molecule has 6 nitrogen and oxygen atoms in total. The molecule has 1 saturated heterocycles. The summed E-state index contributed by atoms with van der Waals surface area (Å²) in [5, 5.41) is 3.05. The molecule has 0 aromatic heterocycles. The molecule has 3 aliphatic rings. The number of sulfonamides is 1. The van der Waals surface area contributed by atoms with Gasteiger partial charge in [0.25, 0.3) is 0 Å². The summed E-state index contributed by atoms with van der Waals surface area (Å²) in [6.07, 6.45) is 8.63. The van der Waals surface area contributed by atoms with Crippen molar-refractivity contribution < 1.29 is 13.2 Å². The highest BCUT2D eigenvalue weighted by Gasteiger charge is 2.33. The predicted octanol–water partition coefficient (Wildman–Crippen LogP) is 3.55. The first kappa shape index (κ1) is 20.7. The minimum absolute atomic E-state index is 0.0710. The predicted molar refractivity (Wildman–Crippen MR) is 113 cm³/mol. The quantitative estimate of drug-likeness (QED) is 0.793. The topological polar surface area (TPSA) is 69.7 Å². The van der Waals surface area contributed by atoms with Crippen LogP contribution in [0.4, 0.5) is 4.79 Å². The Kier molecular flexibility index (Phi) is 6.16. The maximum Gasteiger partial charge on any atom is 0.317 e. The molecule has 3 fully saturated rings. The molecule has 0 radical (unpaired) electrons. The van der Waals surface area contributed by atoms with E-state index in [4.69, 9.17) is 0 Å². The van der Waals surface area contributed by atoms with E-state index < -0.39 is 10.0 Å². The molecule has 1 N–H and O–H groups in total. The largest absolute Gasteiger partial charge is 0.335 e. The molecule has 0 bridgehead atoms. The third-order valence-corrected chi connectivity index (χ3v) is 8.71. The van der Waals surface area contributed by atoms with Gasteiger partial charge < -0.3 is 10.2 Å². The van der Waals surface area contributed by atoms with E-state index in [-0.39, 0.29) is 12.1 Å². The summed E-state index contributed by atoms with van der Waals surface area (Å²) in [5.41, 5.74) is 1.26. The molecule has 1 atom stereocenters. The number of amides is 2. The normalized spacial score (nSPS) is 23.0. The van der Waals surface area contributed by atoms with Gasteiger partial charge in [-0.05, 0) is 62.1 Å². The third-order valence-electron chi connectivity index (χ3n) is 6.80. The minimum atomic E-state index is -3.51. The molecule has 1 aliphatic heterocycles. The summed E-state index contributed by atoms with van der Waals surface area (Å²) in [5.74, 6) is 1.18. The lowest BCUT2D eigenvalue weighted by Gasteiger charge is -2.34. The van der Waals surface area contributed by atoms with Gasteiger partial charge in [0.15, 0.2) is 0 Å². The molecule has 1 aromatic rings. The number of piperazine rings is 1. The van der Waals surface area contributed by atoms with Gasteiger partial charge in [-0.1, -0.05) is 31.4 Å². The van der Waals surface area contributed by atoms with Gasteiger partial charge in [-0.25, -0.2) is 13.2 Å². The molecule has 7 heteroatoms. The zero-order valence-electron chi connectivity index (χ0n) is 17.3. The molecular formula is C22H33N3O3S. The number of urea groups is 1. The second kappa shape index (κ2) is 8.64. The number of carbonyl (C=O) groups excluding carboxylic acids is 1. The van der Waals surface area contributed by atoms with Crippen LogP contribution in [0.15, 0.2) is 29.2 Å². The lowest BCUT2D eigenvalue weighted by Crippen LogP contribution is -2.54. The van der Waals surface area contributed by atoms with Gasteiger partial charge in [0.2, 0.25) is 10.0 Å². The van der Waals surface area contributed by atoms with E-state index in [9.17, 15) is 13.2 Å². The Hall–Kier alpha value is -1.60. The summed E-state index contributed by atoms with van der Waals surface area (Å²) >= 11 is 0. The van der Waals surface area contributed by atoms with Crippen LogP contribution in [0.1, 0.15) is 63.4 Å². The van der Waals surface area contributed by atoms with Gasteiger partial charge in [-0.15, -0.1) is 0 Å². The zero-order valence-corrected chi connectivity index (χ0v) is 18.2. The van der Waals surface area contributed by atoms with E-state index in [1.807, 2.05) is 19.1 Å². The maximum atomic E-state index is 13.0. The second-order valence-corrected chi connectivity index (χ2v) is 10.8. The van der Waals surface area contributed by atoms with Crippen LogP contribution in [-0.2, 0) is 10.0 Å². The van der Waals surface area contributed by atoms with Gasteiger partial charge in [-0.3, -0.25) is 0 Å². The van der Waals surface area contributed by atoms with E-state index >= 15 is 0 Å². The van der Waals surface area contributed by atoms with E-state index in [2.05, 4.69) is 5.32 Å². The SMILES string of the molecule is CC(NC(=O)N1CCN(S(=O)(=O)c2ccc(C3CCCCC3)cc2)CC1)C1CC1. The van der Waals surface area contributed by atoms with Crippen LogP contribution >= 0.6 is 0 Å². The summed E-state index contributed by atoms with van der Waals surface area (Å²) < 4.78 is 27.6. The van der Waals surface area contributed by atoms with Crippen molar-refractivity contribution in [3.63, 3.8) is 0 Å². The second-order valence-electron chi connectivity index (χ2n) is 8.87. The highest BCUT2D eigenvalue weighted by atomic mass is 32.2. The van der Waals surface area contributed by atoms with E-state index in [1.54, 1.807) is 17.0 Å². The molecule has 29 heavy (non-hydrogen) atoms. The van der Waals surface area contributed by atoms with Crippen molar-refractivity contribution in [2.45, 2.75) is 68.7 Å². The van der Waals surface area contributed by atoms with Crippen molar-refractivity contribution in [1.82, 2.24) is 14.5 Å². The van der Waals surface area contributed by atoms with Gasteiger partial charge in [0.1, 0.15) is 0 Å². The van der Waals surface area contributed by atoms with Crippen LogP contribution in [0.2, 0.25) is 0 Å². The maximum absolute atomic E-state index is 13.0. The van der Waals surface area contributed by atoms with Crippen molar-refractivity contribution >= 4 is 16.1 Å². The van der Waals surface area contributed by atoms with Crippen LogP contribution in [0.25, 0.3) is 0 Å². The van der Waals surface area contributed by atoms with Crippen LogP contribution in [-0.4, -0.2) is 55.9 Å². The fraction of sp³-hybridized carbons (Fsp3) is 0.682. The minimum Gasteiger partial charge on any atom is -0.335 e. The number of nitrogens with one attached hydrogen (secondary N) is 1. The number of hydrogen-bond donors (Lipinski definition) is 1. The number of hydrogen-bond acceptors (Lipinski definition) is 3. The molecule has 1 aromatic carbocycles. The molecule has 2 saturated carbocycles. The van der Waals surface area contributed by atoms with Crippen LogP contribution in [0, 0.1) is 5.92 Å². The molecule has 1 unspecified atom stereocenters. The fourth-order valence-electron chi connectivity index (χ4n) is 4.63. The van der Waals surface area contributed by atoms with Crippen molar-refractivity contribution in [3.05, 3.63) is 29.8 Å². The number of carbonyl (C=O) groups is 1. The highest BCUT2D eigenvalue weighted by molar-refractivity contribution is 7.89. The van der Waals surface area contributed by atoms with Crippen molar-refractivity contribution in [2.24, 2.45) is 5.92 Å². The Bertz CT molecular complexity index is 806. The Morgan fingerprint density at radius 1 is 0.966 bits per heavy atom. The molecule has 0 spiro atoms. The van der Waals surface area contributed by atoms with Crippen LogP contribution in [0.3, 0.4) is 0 Å². The summed E-state index contributed by atoms with van der Waals surface area (Å²) in [4.78, 5) is 14.5. The van der Waals surface area contributed by atoms with Gasteiger partial charge in [-0.2, -0.15) is 4.31 Å². The van der Waals surface area contributed by atoms with E-state index in [0.29, 0.717) is 42.9 Å². The fourth-order valence-corrected chi connectivity index (χ4v) is 6.05. The van der Waals surface area contributed by atoms with Crippen molar-refractivity contribution in [2.75, 3.05) is 26.2 Å².